The Balaban J connectivity index is 1.56. The first-order valence-electron chi connectivity index (χ1n) is 12.1. The smallest absolute Gasteiger partial charge is 0.425 e. The Kier molecular flexibility index (Phi) is 7.94. The number of nitrogens with one attached hydrogen (secondary N) is 1. The van der Waals surface area contributed by atoms with Gasteiger partial charge in [0.05, 0.1) is 35.4 Å². The Bertz CT molecular complexity index is 1700. The number of alkyl halides is 4. The lowest BCUT2D eigenvalue weighted by Crippen LogP contribution is -2.29. The molecule has 4 aromatic rings. The molecule has 4 rings (SSSR count). The number of hydrogen-bond donors (Lipinski definition) is 2. The van der Waals surface area contributed by atoms with Crippen LogP contribution in [0.4, 0.5) is 26.3 Å². The monoisotopic (exact) mass is 583 g/mol. The minimum Gasteiger partial charge on any atom is -0.488 e. The largest absolute Gasteiger partial charge is 0.488 e. The maximum Gasteiger partial charge on any atom is 0.425 e. The second kappa shape index (κ2) is 11.0. The summed E-state index contributed by atoms with van der Waals surface area (Å²) < 4.78 is 90.3. The average molecular weight is 583 g/mol. The highest BCUT2D eigenvalue weighted by atomic mass is 19.4. The van der Waals surface area contributed by atoms with Gasteiger partial charge >= 0.3 is 6.18 Å². The predicted molar refractivity (Wildman–Crippen MR) is 134 cm³/mol. The molecule has 0 amide bonds. The number of rotatable bonds is 8. The SMILES string of the molecule is C[C@@H](C[C@@H](F)Cn1cc(F)c2cc(-c3ncc(C(C)(C)O)cn3)c(F)cc2c1=O)Oc1cn[nH]c(=O)c1C(F)(F)F. The summed E-state index contributed by atoms with van der Waals surface area (Å²) >= 11 is 0. The molecule has 0 aliphatic carbocycles. The Hall–Kier alpha value is -4.27. The molecule has 15 heteroatoms. The van der Waals surface area contributed by atoms with Crippen LogP contribution >= 0.6 is 0 Å². The molecule has 0 radical (unpaired) electrons. The number of aliphatic hydroxyl groups is 1. The van der Waals surface area contributed by atoms with Crippen LogP contribution in [0.2, 0.25) is 0 Å². The molecule has 0 saturated carbocycles. The van der Waals surface area contributed by atoms with Crippen LogP contribution < -0.4 is 15.9 Å². The average Bonchev–Trinajstić information content (AvgIpc) is 2.85. The third-order valence-electron chi connectivity index (χ3n) is 6.14. The Morgan fingerprint density at radius 1 is 1.05 bits per heavy atom. The summed E-state index contributed by atoms with van der Waals surface area (Å²) in [6.07, 6.45) is -4.79. The van der Waals surface area contributed by atoms with Gasteiger partial charge in [-0.05, 0) is 32.9 Å². The van der Waals surface area contributed by atoms with E-state index in [4.69, 9.17) is 4.74 Å². The molecule has 9 nitrogen and oxygen atoms in total. The summed E-state index contributed by atoms with van der Waals surface area (Å²) in [6, 6.07) is 1.82. The number of nitrogens with zero attached hydrogens (tertiary/aromatic N) is 4. The second-order valence-corrected chi connectivity index (χ2v) is 9.86. The number of fused-ring (bicyclic) bond motifs is 1. The molecule has 0 unspecified atom stereocenters. The van der Waals surface area contributed by atoms with E-state index in [1.54, 1.807) is 5.10 Å². The molecule has 0 aliphatic rings. The van der Waals surface area contributed by atoms with E-state index < -0.39 is 71.1 Å². The van der Waals surface area contributed by atoms with E-state index in [-0.39, 0.29) is 22.2 Å². The van der Waals surface area contributed by atoms with Crippen LogP contribution in [0.25, 0.3) is 22.2 Å². The molecule has 0 aliphatic heterocycles. The van der Waals surface area contributed by atoms with Crippen LogP contribution in [-0.4, -0.2) is 42.1 Å². The normalized spacial score (nSPS) is 13.8. The number of ether oxygens (including phenoxy) is 1. The molecule has 2 N–H and O–H groups in total. The number of pyridine rings is 1. The third-order valence-corrected chi connectivity index (χ3v) is 6.14. The van der Waals surface area contributed by atoms with Gasteiger partial charge in [0.1, 0.15) is 17.8 Å². The van der Waals surface area contributed by atoms with Crippen molar-refractivity contribution in [3.63, 3.8) is 0 Å². The molecule has 0 fully saturated rings. The van der Waals surface area contributed by atoms with Crippen molar-refractivity contribution in [2.75, 3.05) is 0 Å². The fourth-order valence-electron chi connectivity index (χ4n) is 4.11. The van der Waals surface area contributed by atoms with Crippen LogP contribution in [0, 0.1) is 11.6 Å². The first-order chi connectivity index (χ1) is 19.1. The molecule has 0 spiro atoms. The zero-order valence-corrected chi connectivity index (χ0v) is 21.8. The fraction of sp³-hybridized carbons (Fsp3) is 0.346. The predicted octanol–water partition coefficient (Wildman–Crippen LogP) is 4.26. The summed E-state index contributed by atoms with van der Waals surface area (Å²) in [4.78, 5) is 32.5. The molecule has 3 heterocycles. The Morgan fingerprint density at radius 2 is 1.71 bits per heavy atom. The van der Waals surface area contributed by atoms with Gasteiger partial charge < -0.3 is 14.4 Å². The molecule has 1 aromatic carbocycles. The Morgan fingerprint density at radius 3 is 2.32 bits per heavy atom. The van der Waals surface area contributed by atoms with Crippen LogP contribution in [0.15, 0.2) is 46.5 Å². The summed E-state index contributed by atoms with van der Waals surface area (Å²) in [6.45, 7) is 3.53. The van der Waals surface area contributed by atoms with Crippen LogP contribution in [0.3, 0.4) is 0 Å². The van der Waals surface area contributed by atoms with Crippen molar-refractivity contribution in [3.8, 4) is 17.1 Å². The van der Waals surface area contributed by atoms with E-state index in [9.17, 15) is 36.6 Å². The topological polar surface area (TPSA) is 123 Å². The highest BCUT2D eigenvalue weighted by Gasteiger charge is 2.38. The van der Waals surface area contributed by atoms with Crippen LogP contribution in [0.1, 0.15) is 38.3 Å². The summed E-state index contributed by atoms with van der Waals surface area (Å²) in [5.41, 5.74) is -5.20. The fourth-order valence-corrected chi connectivity index (χ4v) is 4.11. The van der Waals surface area contributed by atoms with Gasteiger partial charge in [-0.25, -0.2) is 28.2 Å². The van der Waals surface area contributed by atoms with Gasteiger partial charge in [0.2, 0.25) is 0 Å². The minimum atomic E-state index is -5.06. The van der Waals surface area contributed by atoms with E-state index in [1.165, 1.54) is 33.2 Å². The lowest BCUT2D eigenvalue weighted by molar-refractivity contribution is -0.140. The third kappa shape index (κ3) is 6.39. The lowest BCUT2D eigenvalue weighted by atomic mass is 10.0. The van der Waals surface area contributed by atoms with Gasteiger partial charge in [0.25, 0.3) is 11.1 Å². The number of benzene rings is 1. The van der Waals surface area contributed by atoms with Gasteiger partial charge in [-0.1, -0.05) is 0 Å². The maximum atomic E-state index is 15.0. The molecule has 0 saturated heterocycles. The van der Waals surface area contributed by atoms with Crippen molar-refractivity contribution in [2.24, 2.45) is 0 Å². The molecular formula is C26H23F6N5O4. The molecule has 218 valence electrons. The quantitative estimate of drug-likeness (QED) is 0.297. The van der Waals surface area contributed by atoms with Gasteiger partial charge in [0, 0.05) is 36.0 Å². The summed E-state index contributed by atoms with van der Waals surface area (Å²) in [5.74, 6) is -2.95. The molecule has 2 atom stereocenters. The molecular weight excluding hydrogens is 560 g/mol. The first-order valence-corrected chi connectivity index (χ1v) is 12.1. The molecule has 41 heavy (non-hydrogen) atoms. The van der Waals surface area contributed by atoms with Crippen LogP contribution in [-0.2, 0) is 18.3 Å². The highest BCUT2D eigenvalue weighted by Crippen LogP contribution is 2.33. The van der Waals surface area contributed by atoms with Crippen LogP contribution in [0.5, 0.6) is 5.75 Å². The zero-order chi connectivity index (χ0) is 30.3. The van der Waals surface area contributed by atoms with E-state index in [2.05, 4.69) is 15.1 Å². The lowest BCUT2D eigenvalue weighted by Gasteiger charge is -2.20. The second-order valence-electron chi connectivity index (χ2n) is 9.86. The zero-order valence-electron chi connectivity index (χ0n) is 21.8. The van der Waals surface area contributed by atoms with Crippen molar-refractivity contribution in [3.05, 3.63) is 80.4 Å². The number of H-pyrrole nitrogens is 1. The molecule has 0 bridgehead atoms. The number of aromatic amines is 1. The van der Waals surface area contributed by atoms with E-state index in [0.717, 1.165) is 18.3 Å². The molecule has 3 aromatic heterocycles. The van der Waals surface area contributed by atoms with Gasteiger partial charge in [-0.15, -0.1) is 0 Å². The van der Waals surface area contributed by atoms with Gasteiger partial charge in [-0.2, -0.15) is 18.3 Å². The summed E-state index contributed by atoms with van der Waals surface area (Å²) in [5, 5.41) is 14.3. The maximum absolute atomic E-state index is 15.0. The number of halogens is 6. The summed E-state index contributed by atoms with van der Waals surface area (Å²) in [7, 11) is 0. The number of hydrogen-bond acceptors (Lipinski definition) is 7. The van der Waals surface area contributed by atoms with Crippen molar-refractivity contribution in [1.82, 2.24) is 24.7 Å². The van der Waals surface area contributed by atoms with E-state index in [0.29, 0.717) is 16.3 Å². The van der Waals surface area contributed by atoms with Crippen molar-refractivity contribution in [1.29, 1.82) is 0 Å². The number of aromatic nitrogens is 5. The highest BCUT2D eigenvalue weighted by molar-refractivity contribution is 5.86. The Labute approximate surface area is 227 Å². The van der Waals surface area contributed by atoms with Crippen molar-refractivity contribution < 1.29 is 36.2 Å². The minimum absolute atomic E-state index is 0.122. The standard InChI is InChI=1S/C26H23F6N5O4/c1-12(41-20-9-35-36-23(38)21(20)26(30,31)32)4-14(27)10-37-11-19(29)15-5-17(18(28)6-16(15)24(37)39)22-33-7-13(8-34-22)25(2,3)40/h5-9,11-12,14,40H,4,10H2,1-3H3,(H,36,38)/t12-,14+/m0/s1. The van der Waals surface area contributed by atoms with Gasteiger partial charge in [0.15, 0.2) is 17.1 Å². The first kappa shape index (κ1) is 29.7. The van der Waals surface area contributed by atoms with Gasteiger partial charge in [-0.3, -0.25) is 9.59 Å². The van der Waals surface area contributed by atoms with E-state index >= 15 is 4.39 Å². The van der Waals surface area contributed by atoms with Crippen molar-refractivity contribution >= 4 is 10.8 Å². The van der Waals surface area contributed by atoms with E-state index in [1.807, 2.05) is 0 Å². The van der Waals surface area contributed by atoms with Crippen molar-refractivity contribution in [2.45, 2.75) is 57.8 Å².